The number of nitrogens with zero attached hydrogens (tertiary/aromatic N) is 3. The number of anilines is 3. The highest BCUT2D eigenvalue weighted by molar-refractivity contribution is 7.99. The molecule has 0 fully saturated rings. The maximum Gasteiger partial charge on any atom is 0.405 e. The van der Waals surface area contributed by atoms with Crippen LogP contribution in [0.3, 0.4) is 0 Å². The molecule has 0 aliphatic heterocycles. The Hall–Kier alpha value is -2.56. The Balaban J connectivity index is 1.88. The molecule has 26 heavy (non-hydrogen) atoms. The van der Waals surface area contributed by atoms with Gasteiger partial charge >= 0.3 is 6.18 Å². The van der Waals surface area contributed by atoms with Gasteiger partial charge in [0.15, 0.2) is 0 Å². The summed E-state index contributed by atoms with van der Waals surface area (Å²) in [5.41, 5.74) is 7.52. The van der Waals surface area contributed by atoms with Crippen LogP contribution in [0.1, 0.15) is 11.4 Å². The van der Waals surface area contributed by atoms with E-state index in [-0.39, 0.29) is 23.4 Å². The summed E-state index contributed by atoms with van der Waals surface area (Å²) in [4.78, 5) is 23.5. The molecule has 0 bridgehead atoms. The number of nitrogens with two attached hydrogens (primary N) is 1. The molecule has 2 aromatic rings. The van der Waals surface area contributed by atoms with Crippen molar-refractivity contribution >= 4 is 35.3 Å². The van der Waals surface area contributed by atoms with E-state index >= 15 is 0 Å². The minimum absolute atomic E-state index is 0.00624. The quantitative estimate of drug-likeness (QED) is 0.671. The van der Waals surface area contributed by atoms with E-state index in [2.05, 4.69) is 20.3 Å². The predicted molar refractivity (Wildman–Crippen MR) is 93.9 cm³/mol. The van der Waals surface area contributed by atoms with Gasteiger partial charge < -0.3 is 16.4 Å². The zero-order valence-electron chi connectivity index (χ0n) is 13.8. The van der Waals surface area contributed by atoms with E-state index in [1.165, 1.54) is 0 Å². The summed E-state index contributed by atoms with van der Waals surface area (Å²) >= 11 is 1.08. The van der Waals surface area contributed by atoms with Crippen LogP contribution >= 0.6 is 11.8 Å². The highest BCUT2D eigenvalue weighted by Gasteiger charge is 2.27. The average molecular weight is 386 g/mol. The number of alkyl halides is 3. The highest BCUT2D eigenvalue weighted by atomic mass is 32.2. The number of rotatable bonds is 7. The Morgan fingerprint density at radius 3 is 2.54 bits per heavy atom. The largest absolute Gasteiger partial charge is 0.405 e. The number of aryl methyl sites for hydroxylation is 1. The lowest BCUT2D eigenvalue weighted by molar-refractivity contribution is -0.136. The van der Waals surface area contributed by atoms with Crippen LogP contribution in [0.25, 0.3) is 0 Å². The molecule has 7 nitrogen and oxygen atoms in total. The van der Waals surface area contributed by atoms with E-state index in [4.69, 9.17) is 5.73 Å². The number of amides is 1. The second-order valence-corrected chi connectivity index (χ2v) is 6.29. The molecule has 0 saturated carbocycles. The summed E-state index contributed by atoms with van der Waals surface area (Å²) in [7, 11) is 0. The SMILES string of the molecule is Cc1ccc(Nc2nc(N)nc(CSCC(=O)NCC(F)(F)F)n2)cc1. The first-order valence-electron chi connectivity index (χ1n) is 7.46. The van der Waals surface area contributed by atoms with Crippen molar-refractivity contribution in [1.29, 1.82) is 0 Å². The summed E-state index contributed by atoms with van der Waals surface area (Å²) in [5.74, 6) is -0.0878. The Bertz CT molecular complexity index is 754. The smallest absolute Gasteiger partial charge is 0.368 e. The van der Waals surface area contributed by atoms with Gasteiger partial charge in [-0.05, 0) is 19.1 Å². The van der Waals surface area contributed by atoms with Crippen molar-refractivity contribution in [3.8, 4) is 0 Å². The third kappa shape index (κ3) is 7.13. The Labute approximate surface area is 152 Å². The summed E-state index contributed by atoms with van der Waals surface area (Å²) < 4.78 is 36.1. The lowest BCUT2D eigenvalue weighted by atomic mass is 10.2. The number of hydrogen-bond donors (Lipinski definition) is 3. The van der Waals surface area contributed by atoms with Crippen LogP contribution in [0, 0.1) is 6.92 Å². The maximum absolute atomic E-state index is 12.0. The first-order valence-corrected chi connectivity index (χ1v) is 8.62. The fourth-order valence-corrected chi connectivity index (χ4v) is 2.51. The van der Waals surface area contributed by atoms with E-state index in [1.807, 2.05) is 31.2 Å². The van der Waals surface area contributed by atoms with Gasteiger partial charge in [-0.1, -0.05) is 17.7 Å². The van der Waals surface area contributed by atoms with Crippen molar-refractivity contribution in [2.45, 2.75) is 18.9 Å². The lowest BCUT2D eigenvalue weighted by Gasteiger charge is -2.09. The topological polar surface area (TPSA) is 106 Å². The van der Waals surface area contributed by atoms with Crippen LogP contribution in [0.4, 0.5) is 30.8 Å². The summed E-state index contributed by atoms with van der Waals surface area (Å²) in [6, 6.07) is 7.55. The van der Waals surface area contributed by atoms with Gasteiger partial charge in [-0.25, -0.2) is 0 Å². The number of carbonyl (C=O) groups is 1. The lowest BCUT2D eigenvalue weighted by Crippen LogP contribution is -2.34. The summed E-state index contributed by atoms with van der Waals surface area (Å²) in [6.45, 7) is 0.612. The molecular weight excluding hydrogens is 369 g/mol. The van der Waals surface area contributed by atoms with Crippen molar-refractivity contribution in [2.24, 2.45) is 0 Å². The zero-order chi connectivity index (χ0) is 19.2. The van der Waals surface area contributed by atoms with Crippen LogP contribution in [0.2, 0.25) is 0 Å². The van der Waals surface area contributed by atoms with Crippen LogP contribution in [-0.4, -0.2) is 39.3 Å². The van der Waals surface area contributed by atoms with Crippen molar-refractivity contribution in [3.63, 3.8) is 0 Å². The molecule has 0 aliphatic rings. The highest BCUT2D eigenvalue weighted by Crippen LogP contribution is 2.16. The first-order chi connectivity index (χ1) is 12.2. The van der Waals surface area contributed by atoms with Crippen LogP contribution < -0.4 is 16.4 Å². The molecule has 1 heterocycles. The second-order valence-electron chi connectivity index (χ2n) is 5.31. The number of carbonyl (C=O) groups excluding carboxylic acids is 1. The second kappa shape index (κ2) is 8.70. The molecule has 0 atom stereocenters. The summed E-state index contributed by atoms with van der Waals surface area (Å²) in [5, 5.41) is 4.79. The monoisotopic (exact) mass is 386 g/mol. The normalized spacial score (nSPS) is 11.2. The van der Waals surface area contributed by atoms with Gasteiger partial charge in [0.05, 0.1) is 11.5 Å². The van der Waals surface area contributed by atoms with Gasteiger partial charge in [-0.2, -0.15) is 28.1 Å². The van der Waals surface area contributed by atoms with Crippen molar-refractivity contribution in [1.82, 2.24) is 20.3 Å². The third-order valence-corrected chi connectivity index (χ3v) is 3.89. The van der Waals surface area contributed by atoms with Crippen LogP contribution in [0.5, 0.6) is 0 Å². The Kier molecular flexibility index (Phi) is 6.61. The molecule has 4 N–H and O–H groups in total. The van der Waals surface area contributed by atoms with Gasteiger partial charge in [0.2, 0.25) is 17.8 Å². The standard InChI is InChI=1S/C15H17F3N6OS/c1-9-2-4-10(5-3-9)21-14-23-11(22-13(19)24-14)6-26-7-12(25)20-8-15(16,17)18/h2-5H,6-8H2,1H3,(H,20,25)(H3,19,21,22,23,24). The predicted octanol–water partition coefficient (Wildman–Crippen LogP) is 2.42. The van der Waals surface area contributed by atoms with Crippen molar-refractivity contribution < 1.29 is 18.0 Å². The zero-order valence-corrected chi connectivity index (χ0v) is 14.6. The molecular formula is C15H17F3N6OS. The van der Waals surface area contributed by atoms with E-state index in [1.54, 1.807) is 5.32 Å². The number of aromatic nitrogens is 3. The fourth-order valence-electron chi connectivity index (χ4n) is 1.81. The van der Waals surface area contributed by atoms with E-state index in [0.717, 1.165) is 23.0 Å². The van der Waals surface area contributed by atoms with Gasteiger partial charge in [-0.15, -0.1) is 11.8 Å². The van der Waals surface area contributed by atoms with Gasteiger partial charge in [0.25, 0.3) is 0 Å². The summed E-state index contributed by atoms with van der Waals surface area (Å²) in [6.07, 6.45) is -4.43. The number of halogens is 3. The fraction of sp³-hybridized carbons (Fsp3) is 0.333. The molecule has 0 aliphatic carbocycles. The van der Waals surface area contributed by atoms with Crippen molar-refractivity contribution in [3.05, 3.63) is 35.7 Å². The number of nitrogens with one attached hydrogen (secondary N) is 2. The minimum Gasteiger partial charge on any atom is -0.368 e. The number of thioether (sulfide) groups is 1. The first kappa shape index (κ1) is 19.8. The minimum atomic E-state index is -4.43. The van der Waals surface area contributed by atoms with Gasteiger partial charge in [0, 0.05) is 5.69 Å². The molecule has 0 unspecified atom stereocenters. The van der Waals surface area contributed by atoms with Gasteiger partial charge in [-0.3, -0.25) is 4.79 Å². The van der Waals surface area contributed by atoms with Crippen molar-refractivity contribution in [2.75, 3.05) is 23.3 Å². The molecule has 1 aromatic carbocycles. The third-order valence-electron chi connectivity index (χ3n) is 2.96. The van der Waals surface area contributed by atoms with E-state index < -0.39 is 18.6 Å². The molecule has 1 aromatic heterocycles. The van der Waals surface area contributed by atoms with Gasteiger partial charge in [0.1, 0.15) is 12.4 Å². The van der Waals surface area contributed by atoms with E-state index in [0.29, 0.717) is 5.82 Å². The molecule has 0 saturated heterocycles. The van der Waals surface area contributed by atoms with Crippen LogP contribution in [0.15, 0.2) is 24.3 Å². The molecule has 0 radical (unpaired) electrons. The Morgan fingerprint density at radius 2 is 1.88 bits per heavy atom. The average Bonchev–Trinajstić information content (AvgIpc) is 2.54. The van der Waals surface area contributed by atoms with Crippen LogP contribution in [-0.2, 0) is 10.5 Å². The number of hydrogen-bond acceptors (Lipinski definition) is 7. The number of benzene rings is 1. The molecule has 140 valence electrons. The molecule has 1 amide bonds. The molecule has 0 spiro atoms. The molecule has 11 heteroatoms. The maximum atomic E-state index is 12.0. The van der Waals surface area contributed by atoms with E-state index in [9.17, 15) is 18.0 Å². The Morgan fingerprint density at radius 1 is 1.19 bits per heavy atom. The number of nitrogen functional groups attached to an aromatic ring is 1. The molecule has 2 rings (SSSR count).